The number of primary amides is 1. The van der Waals surface area contributed by atoms with E-state index in [1.165, 1.54) is 57.2 Å². The summed E-state index contributed by atoms with van der Waals surface area (Å²) in [7, 11) is -3.09. The first-order valence-corrected chi connectivity index (χ1v) is 36.8. The molecule has 100 heavy (non-hydrogen) atoms. The third-order valence-corrected chi connectivity index (χ3v) is 21.8. The number of aryl methyl sites for hydroxylation is 2. The molecule has 534 valence electrons. The number of fused-ring (bicyclic) bond motifs is 3. The van der Waals surface area contributed by atoms with Crippen molar-refractivity contribution in [2.45, 2.75) is 172 Å². The minimum Gasteiger partial charge on any atom is -0.490 e. The zero-order chi connectivity index (χ0) is 71.5. The van der Waals surface area contributed by atoms with Gasteiger partial charge < -0.3 is 66.3 Å². The first-order valence-electron chi connectivity index (χ1n) is 33.9. The Balaban J connectivity index is 0.691. The van der Waals surface area contributed by atoms with Crippen molar-refractivity contribution in [3.63, 3.8) is 0 Å². The molecule has 28 nitrogen and oxygen atoms in total. The number of β-amino-alcohol motifs (C(OH)–C–C–N with tert-alkyl or cyclic N) is 1. The molecule has 11 rings (SSSR count). The second-order valence-corrected chi connectivity index (χ2v) is 30.5. The van der Waals surface area contributed by atoms with E-state index in [9.17, 15) is 57.8 Å². The average molecular weight is 1430 g/mol. The van der Waals surface area contributed by atoms with Crippen LogP contribution in [-0.2, 0) is 51.1 Å². The van der Waals surface area contributed by atoms with Crippen LogP contribution in [0.5, 0.6) is 5.75 Å². The summed E-state index contributed by atoms with van der Waals surface area (Å²) < 4.78 is 19.7. The van der Waals surface area contributed by atoms with Crippen molar-refractivity contribution in [2.75, 3.05) is 46.4 Å². The highest BCUT2D eigenvalue weighted by molar-refractivity contribution is 7.70. The number of H-pyrrole nitrogens is 1. The zero-order valence-electron chi connectivity index (χ0n) is 56.5. The molecule has 6 aromatic rings. The third kappa shape index (κ3) is 16.8. The highest BCUT2D eigenvalue weighted by Crippen LogP contribution is 2.45. The lowest BCUT2D eigenvalue weighted by Crippen LogP contribution is -2.61. The Morgan fingerprint density at radius 1 is 0.930 bits per heavy atom. The van der Waals surface area contributed by atoms with E-state index in [2.05, 4.69) is 46.4 Å². The number of thiazole rings is 1. The summed E-state index contributed by atoms with van der Waals surface area (Å²) in [5.41, 5.74) is 10.5. The van der Waals surface area contributed by atoms with E-state index in [0.29, 0.717) is 85.9 Å². The van der Waals surface area contributed by atoms with Gasteiger partial charge in [-0.3, -0.25) is 52.6 Å². The zero-order valence-corrected chi connectivity index (χ0v) is 59.0. The lowest BCUT2D eigenvalue weighted by atomic mass is 9.83. The summed E-state index contributed by atoms with van der Waals surface area (Å²) in [5, 5.41) is 32.8. The molecular weight excluding hydrogens is 1350 g/mol. The number of aliphatic hydroxyl groups excluding tert-OH is 1. The molecule has 1 saturated carbocycles. The molecule has 10 N–H and O–H groups in total. The molecule has 0 radical (unpaired) electrons. The number of hydrogen-bond acceptors (Lipinski definition) is 17. The summed E-state index contributed by atoms with van der Waals surface area (Å²) in [5.74, 6) is -3.33. The minimum absolute atomic E-state index is 0.0151. The van der Waals surface area contributed by atoms with Crippen LogP contribution >= 0.6 is 30.5 Å². The topological polar surface area (TPSA) is 387 Å². The maximum Gasteiger partial charge on any atom is 0.396 e. The summed E-state index contributed by atoms with van der Waals surface area (Å²) >= 11 is 8.50. The van der Waals surface area contributed by atoms with Crippen molar-refractivity contribution in [1.82, 2.24) is 65.8 Å². The molecule has 0 bridgehead atoms. The highest BCUT2D eigenvalue weighted by atomic mass is 35.5. The Hall–Kier alpha value is -8.44. The number of ether oxygens (including phenoxy) is 1. The van der Waals surface area contributed by atoms with Gasteiger partial charge in [0, 0.05) is 92.9 Å². The Morgan fingerprint density at radius 3 is 2.40 bits per heavy atom. The first-order chi connectivity index (χ1) is 47.6. The standard InChI is InChI=1S/C69H86ClN14O14PS/c1-38-61(100-37-73-38)43-17-13-40(14-18-43)50(76-65(91)54-30-48(86)32-82(54)67(93)62-69(3,4)36-80(5)34-55-60(42-15-16-42)78-79-84(55)62)31-58(88)72-26-8-6-7-10-41-11-9-12-56(59(41)70)98-35-46(20-24-57(71)87)74-64(90)53-23-21-47-25-27-81(39(2)85)33-52(66(92)83(47)53)77-63(89)51-29-45-28-44(19-22-49(45)75-51)68(94)99(95,96)97/h9,11-14,17-19,22,28-29,37,42,46-48,50,52-54,62,75,86H,6-8,10,15-16,20-21,23-27,30-36H2,1-5H3,(H2,71,87)(H,72,88)(H,74,90)(H,76,91)(H,77,89)(H2,95,96,97)/t46-,47+,48-,50+,52-,53-,54+,62-/m0/s1. The van der Waals surface area contributed by atoms with Crippen LogP contribution in [0.4, 0.5) is 0 Å². The highest BCUT2D eigenvalue weighted by Gasteiger charge is 2.51. The number of hydrogen-bond donors (Lipinski definition) is 9. The predicted molar refractivity (Wildman–Crippen MR) is 369 cm³/mol. The molecule has 0 unspecified atom stereocenters. The average Bonchev–Trinajstić information content (AvgIpc) is 1.59. The van der Waals surface area contributed by atoms with Crippen molar-refractivity contribution in [1.29, 1.82) is 0 Å². The van der Waals surface area contributed by atoms with Crippen molar-refractivity contribution < 1.29 is 67.3 Å². The van der Waals surface area contributed by atoms with Crippen molar-refractivity contribution in [3.8, 4) is 16.2 Å². The Morgan fingerprint density at radius 2 is 1.69 bits per heavy atom. The molecule has 8 amide bonds. The summed E-state index contributed by atoms with van der Waals surface area (Å²) in [4.78, 5) is 158. The number of carbonyl (C=O) groups is 9. The van der Waals surface area contributed by atoms with Gasteiger partial charge in [0.2, 0.25) is 41.4 Å². The van der Waals surface area contributed by atoms with E-state index in [0.717, 1.165) is 45.9 Å². The normalized spacial score (nSPS) is 21.4. The molecule has 3 saturated heterocycles. The summed E-state index contributed by atoms with van der Waals surface area (Å²) in [6, 6.07) is 11.9. The van der Waals surface area contributed by atoms with Crippen molar-refractivity contribution in [3.05, 3.63) is 117 Å². The van der Waals surface area contributed by atoms with E-state index in [1.807, 2.05) is 58.2 Å². The van der Waals surface area contributed by atoms with Crippen LogP contribution in [0.25, 0.3) is 21.3 Å². The SMILES string of the molecule is CC(=O)N1CC[C@H]2CC[C@@H](C(=O)N[C@@H](CCC(N)=O)COc3cccc(CCCCCNC(=O)C[C@@H](NC(=O)[C@H]4C[C@H](O)CN4C(=O)[C@@H]4n5nnc(C6CC6)c5CN(C)CC4(C)C)c4ccc(-c5scnc5C)cc4)c3Cl)N2C(=O)[C@@H](NC(=O)c2cc3cc(C(=O)P(=O)(O)O)ccc3[nH]2)C1. The quantitative estimate of drug-likeness (QED) is 0.0245. The van der Waals surface area contributed by atoms with Gasteiger partial charge in [0.05, 0.1) is 57.1 Å². The smallest absolute Gasteiger partial charge is 0.396 e. The van der Waals surface area contributed by atoms with Crippen LogP contribution in [0, 0.1) is 12.3 Å². The molecule has 7 heterocycles. The lowest BCUT2D eigenvalue weighted by molar-refractivity contribution is -0.145. The van der Waals surface area contributed by atoms with Crippen LogP contribution in [0.2, 0.25) is 5.02 Å². The van der Waals surface area contributed by atoms with E-state index in [-0.39, 0.29) is 92.7 Å². The minimum atomic E-state index is -5.10. The largest absolute Gasteiger partial charge is 0.490 e. The molecular formula is C69H86ClN14O14PS. The van der Waals surface area contributed by atoms with Crippen molar-refractivity contribution in [2.24, 2.45) is 11.1 Å². The third-order valence-electron chi connectivity index (χ3n) is 19.6. The maximum atomic E-state index is 15.0. The molecule has 4 aliphatic heterocycles. The van der Waals surface area contributed by atoms with E-state index >= 15 is 4.79 Å². The molecule has 0 spiro atoms. The number of aromatic nitrogens is 5. The molecule has 3 aromatic carbocycles. The number of rotatable bonds is 26. The number of aromatic amines is 1. The number of carbonyl (C=O) groups excluding carboxylic acids is 9. The van der Waals surface area contributed by atoms with E-state index in [1.54, 1.807) is 22.3 Å². The Bertz CT molecular complexity index is 4150. The van der Waals surface area contributed by atoms with Gasteiger partial charge in [-0.25, -0.2) is 9.67 Å². The van der Waals surface area contributed by atoms with Gasteiger partial charge in [-0.1, -0.05) is 73.5 Å². The summed E-state index contributed by atoms with van der Waals surface area (Å²) in [6.07, 6.45) is 4.51. The predicted octanol–water partition coefficient (Wildman–Crippen LogP) is 5.33. The monoisotopic (exact) mass is 1430 g/mol. The number of halogens is 1. The number of amides is 8. The second-order valence-electron chi connectivity index (χ2n) is 27.8. The van der Waals surface area contributed by atoms with Crippen LogP contribution in [0.15, 0.2) is 72.2 Å². The fourth-order valence-electron chi connectivity index (χ4n) is 14.4. The number of nitrogens with two attached hydrogens (primary N) is 1. The number of nitrogens with one attached hydrogen (secondary N) is 5. The van der Waals surface area contributed by atoms with Crippen LogP contribution in [0.1, 0.15) is 165 Å². The van der Waals surface area contributed by atoms with Gasteiger partial charge in [0.15, 0.2) is 0 Å². The van der Waals surface area contributed by atoms with Gasteiger partial charge in [-0.15, -0.1) is 16.4 Å². The van der Waals surface area contributed by atoms with Crippen molar-refractivity contribution >= 4 is 94.2 Å². The number of aliphatic hydroxyl groups is 1. The second kappa shape index (κ2) is 30.8. The first kappa shape index (κ1) is 72.8. The lowest BCUT2D eigenvalue weighted by Gasteiger charge is -2.38. The number of benzene rings is 3. The number of unbranched alkanes of at least 4 members (excludes halogenated alkanes) is 2. The van der Waals surface area contributed by atoms with Gasteiger partial charge in [0.25, 0.3) is 11.4 Å². The Kier molecular flexibility index (Phi) is 22.4. The summed E-state index contributed by atoms with van der Waals surface area (Å²) in [6.45, 7) is 8.64. The van der Waals surface area contributed by atoms with Gasteiger partial charge in [0.1, 0.15) is 42.2 Å². The van der Waals surface area contributed by atoms with Crippen LogP contribution in [-0.4, -0.2) is 195 Å². The van der Waals surface area contributed by atoms with Gasteiger partial charge in [-0.2, -0.15) is 0 Å². The van der Waals surface area contributed by atoms with Gasteiger partial charge >= 0.3 is 7.60 Å². The molecule has 3 aromatic heterocycles. The molecule has 4 fully saturated rings. The van der Waals surface area contributed by atoms with Crippen LogP contribution in [0.3, 0.4) is 0 Å². The van der Waals surface area contributed by atoms with Gasteiger partial charge in [-0.05, 0) is 119 Å². The molecule has 5 aliphatic rings. The number of likely N-dealkylation sites (tertiary alicyclic amines) is 1. The molecule has 31 heteroatoms. The molecule has 1 aliphatic carbocycles. The molecule has 8 atom stereocenters. The maximum absolute atomic E-state index is 15.0. The van der Waals surface area contributed by atoms with Crippen LogP contribution < -0.4 is 31.7 Å². The number of nitrogens with zero attached hydrogens (tertiary/aromatic N) is 8. The fourth-order valence-corrected chi connectivity index (χ4v) is 16.0. The fraction of sp³-hybridized carbons (Fsp3) is 0.507. The van der Waals surface area contributed by atoms with E-state index in [4.69, 9.17) is 22.1 Å². The van der Waals surface area contributed by atoms with E-state index < -0.39 is 96.5 Å². The Labute approximate surface area is 587 Å².